The zero-order valence-electron chi connectivity index (χ0n) is 24.7. The van der Waals surface area contributed by atoms with E-state index in [9.17, 15) is 9.90 Å². The quantitative estimate of drug-likeness (QED) is 0.280. The van der Waals surface area contributed by atoms with Crippen LogP contribution in [0.2, 0.25) is 13.1 Å². The summed E-state index contributed by atoms with van der Waals surface area (Å²) in [5, 5.41) is 9.39. The van der Waals surface area contributed by atoms with Crippen molar-refractivity contribution < 1.29 is 14.3 Å². The van der Waals surface area contributed by atoms with Gasteiger partial charge in [0.25, 0.3) is 0 Å². The summed E-state index contributed by atoms with van der Waals surface area (Å²) >= 11 is 0. The van der Waals surface area contributed by atoms with E-state index in [2.05, 4.69) is 85.8 Å². The number of benzene rings is 2. The van der Waals surface area contributed by atoms with Crippen molar-refractivity contribution in [3.05, 3.63) is 69.3 Å². The number of hydrogen-bond donors (Lipinski definition) is 1. The fraction of sp³-hybridized carbons (Fsp3) is 0.545. The minimum Gasteiger partial charge on any atom is -0.478 e. The van der Waals surface area contributed by atoms with Crippen LogP contribution in [0.3, 0.4) is 0 Å². The Labute approximate surface area is 227 Å². The molecule has 0 bridgehead atoms. The Morgan fingerprint density at radius 3 is 2.14 bits per heavy atom. The summed E-state index contributed by atoms with van der Waals surface area (Å²) in [5.74, 6) is -0.880. The molecular weight excluding hydrogens is 472 g/mol. The van der Waals surface area contributed by atoms with Gasteiger partial charge in [-0.05, 0) is 101 Å². The highest BCUT2D eigenvalue weighted by Gasteiger charge is 2.37. The average Bonchev–Trinajstić information content (AvgIpc) is 2.77. The molecule has 3 rings (SSSR count). The van der Waals surface area contributed by atoms with E-state index in [-0.39, 0.29) is 22.3 Å². The minimum absolute atomic E-state index is 0.0941. The molecule has 0 saturated heterocycles. The summed E-state index contributed by atoms with van der Waals surface area (Å²) in [6.45, 7) is 22.7. The maximum atomic E-state index is 11.4. The molecule has 0 aromatic heterocycles. The van der Waals surface area contributed by atoms with Crippen LogP contribution in [0.5, 0.6) is 0 Å². The fourth-order valence-corrected chi connectivity index (χ4v) is 6.54. The summed E-state index contributed by atoms with van der Waals surface area (Å²) in [6.07, 6.45) is 8.92. The minimum atomic E-state index is -0.880. The molecule has 0 amide bonds. The molecule has 3 nitrogen and oxygen atoms in total. The fourth-order valence-electron chi connectivity index (χ4n) is 5.50. The van der Waals surface area contributed by atoms with Crippen LogP contribution in [0.1, 0.15) is 111 Å². The number of aromatic carboxylic acids is 1. The number of carbonyl (C=O) groups is 1. The molecule has 1 radical (unpaired) electrons. The molecule has 0 aliphatic heterocycles. The Kier molecular flexibility index (Phi) is 8.66. The van der Waals surface area contributed by atoms with Crippen LogP contribution in [-0.4, -0.2) is 26.2 Å². The van der Waals surface area contributed by atoms with Crippen LogP contribution in [0.15, 0.2) is 30.3 Å². The molecule has 0 fully saturated rings. The molecule has 1 unspecified atom stereocenters. The van der Waals surface area contributed by atoms with E-state index in [1.165, 1.54) is 35.1 Å². The van der Waals surface area contributed by atoms with Crippen LogP contribution in [0, 0.1) is 12.3 Å². The standard InChI is InChI=1S/C33H47O3Si/c1-22-19-23(12-15-26(22)30(34)35)11-13-24-20-27-28(33(7,8)18-17-32(27,5)6)21-25(24)14-16-29(31(2,3)4)36-37(9)10/h11-13,15,19-21,29H,14,16-18H2,1-10H3,(H,34,35). The van der Waals surface area contributed by atoms with Gasteiger partial charge in [0.2, 0.25) is 9.04 Å². The van der Waals surface area contributed by atoms with Gasteiger partial charge >= 0.3 is 5.97 Å². The molecule has 1 N–H and O–H groups in total. The summed E-state index contributed by atoms with van der Waals surface area (Å²) in [6, 6.07) is 10.5. The lowest BCUT2D eigenvalue weighted by molar-refractivity contribution is 0.0696. The SMILES string of the molecule is Cc1cc(C=Cc2cc3c(cc2CCC(O[Si](C)C)C(C)(C)C)C(C)(C)CCC3(C)C)ccc1C(=O)O. The van der Waals surface area contributed by atoms with Crippen molar-refractivity contribution in [2.75, 3.05) is 0 Å². The van der Waals surface area contributed by atoms with Crippen LogP contribution >= 0.6 is 0 Å². The van der Waals surface area contributed by atoms with E-state index in [0.717, 1.165) is 24.0 Å². The highest BCUT2D eigenvalue weighted by Crippen LogP contribution is 2.47. The van der Waals surface area contributed by atoms with Crippen molar-refractivity contribution in [3.63, 3.8) is 0 Å². The molecule has 2 aromatic carbocycles. The molecule has 4 heteroatoms. The first kappa shape index (κ1) is 29.4. The van der Waals surface area contributed by atoms with Crippen molar-refractivity contribution in [2.24, 2.45) is 5.41 Å². The Morgan fingerprint density at radius 1 is 1.03 bits per heavy atom. The van der Waals surface area contributed by atoms with E-state index in [4.69, 9.17) is 4.43 Å². The van der Waals surface area contributed by atoms with Gasteiger partial charge in [-0.2, -0.15) is 0 Å². The van der Waals surface area contributed by atoms with Gasteiger partial charge in [-0.15, -0.1) is 0 Å². The third-order valence-corrected chi connectivity index (χ3v) is 8.82. The number of carboxylic acid groups (broad SMARTS) is 1. The number of carboxylic acids is 1. The van der Waals surface area contributed by atoms with Gasteiger partial charge in [0.15, 0.2) is 0 Å². The largest absolute Gasteiger partial charge is 0.478 e. The number of aryl methyl sites for hydroxylation is 2. The predicted molar refractivity (Wildman–Crippen MR) is 159 cm³/mol. The van der Waals surface area contributed by atoms with Gasteiger partial charge in [-0.1, -0.05) is 84.9 Å². The van der Waals surface area contributed by atoms with Gasteiger partial charge < -0.3 is 9.53 Å². The normalized spacial score (nSPS) is 17.7. The third-order valence-electron chi connectivity index (χ3n) is 8.07. The van der Waals surface area contributed by atoms with Crippen molar-refractivity contribution in [1.29, 1.82) is 0 Å². The Bertz CT molecular complexity index is 1160. The van der Waals surface area contributed by atoms with E-state index in [1.54, 1.807) is 6.07 Å². The molecule has 1 aliphatic rings. The number of fused-ring (bicyclic) bond motifs is 1. The third kappa shape index (κ3) is 7.03. The molecule has 0 saturated carbocycles. The van der Waals surface area contributed by atoms with Crippen molar-refractivity contribution in [1.82, 2.24) is 0 Å². The number of hydrogen-bond acceptors (Lipinski definition) is 2. The summed E-state index contributed by atoms with van der Waals surface area (Å²) in [4.78, 5) is 11.4. The van der Waals surface area contributed by atoms with Crippen LogP contribution < -0.4 is 0 Å². The first-order valence-corrected chi connectivity index (χ1v) is 16.1. The van der Waals surface area contributed by atoms with Gasteiger partial charge in [-0.3, -0.25) is 0 Å². The van der Waals surface area contributed by atoms with Gasteiger partial charge in [0.05, 0.1) is 11.7 Å². The first-order chi connectivity index (χ1) is 17.0. The molecule has 1 atom stereocenters. The second-order valence-corrected chi connectivity index (χ2v) is 15.5. The van der Waals surface area contributed by atoms with E-state index < -0.39 is 15.0 Å². The second kappa shape index (κ2) is 10.9. The van der Waals surface area contributed by atoms with Crippen molar-refractivity contribution in [2.45, 2.75) is 111 Å². The molecule has 2 aromatic rings. The second-order valence-electron chi connectivity index (χ2n) is 13.5. The van der Waals surface area contributed by atoms with Crippen LogP contribution in [0.4, 0.5) is 0 Å². The lowest BCUT2D eigenvalue weighted by atomic mass is 9.62. The predicted octanol–water partition coefficient (Wildman–Crippen LogP) is 8.83. The van der Waals surface area contributed by atoms with Crippen molar-refractivity contribution in [3.8, 4) is 0 Å². The first-order valence-electron chi connectivity index (χ1n) is 13.7. The molecule has 201 valence electrons. The molecule has 0 spiro atoms. The van der Waals surface area contributed by atoms with Gasteiger partial charge in [-0.25, -0.2) is 4.79 Å². The maximum absolute atomic E-state index is 11.4. The van der Waals surface area contributed by atoms with Crippen molar-refractivity contribution >= 4 is 27.2 Å². The summed E-state index contributed by atoms with van der Waals surface area (Å²) < 4.78 is 6.47. The monoisotopic (exact) mass is 519 g/mol. The highest BCUT2D eigenvalue weighted by atomic mass is 28.3. The average molecular weight is 520 g/mol. The number of rotatable bonds is 8. The highest BCUT2D eigenvalue weighted by molar-refractivity contribution is 6.48. The maximum Gasteiger partial charge on any atom is 0.335 e. The molecular formula is C33H47O3Si. The summed E-state index contributed by atoms with van der Waals surface area (Å²) in [7, 11) is -0.792. The van der Waals surface area contributed by atoms with Gasteiger partial charge in [0.1, 0.15) is 0 Å². The van der Waals surface area contributed by atoms with E-state index in [1.807, 2.05) is 19.1 Å². The molecule has 37 heavy (non-hydrogen) atoms. The van der Waals surface area contributed by atoms with E-state index in [0.29, 0.717) is 5.56 Å². The zero-order chi connectivity index (χ0) is 27.8. The Morgan fingerprint density at radius 2 is 1.62 bits per heavy atom. The topological polar surface area (TPSA) is 46.5 Å². The van der Waals surface area contributed by atoms with Gasteiger partial charge in [0, 0.05) is 0 Å². The lowest BCUT2D eigenvalue weighted by Crippen LogP contribution is -2.35. The van der Waals surface area contributed by atoms with Crippen LogP contribution in [0.25, 0.3) is 12.2 Å². The van der Waals surface area contributed by atoms with Crippen LogP contribution in [-0.2, 0) is 21.7 Å². The van der Waals surface area contributed by atoms with E-state index >= 15 is 0 Å². The Balaban J connectivity index is 2.06. The smallest absolute Gasteiger partial charge is 0.335 e. The lowest BCUT2D eigenvalue weighted by Gasteiger charge is -2.42. The Hall–Kier alpha value is -2.17. The zero-order valence-corrected chi connectivity index (χ0v) is 25.7. The molecule has 0 heterocycles. The molecule has 1 aliphatic carbocycles. The summed E-state index contributed by atoms with van der Waals surface area (Å²) in [5.41, 5.74) is 8.14.